The first-order valence-corrected chi connectivity index (χ1v) is 10.9. The molecule has 0 unspecified atom stereocenters. The number of rotatable bonds is 6. The first-order chi connectivity index (χ1) is 13.9. The van der Waals surface area contributed by atoms with E-state index >= 15 is 0 Å². The molecule has 4 rings (SSSR count). The lowest BCUT2D eigenvalue weighted by Gasteiger charge is -2.09. The molecule has 0 atom stereocenters. The van der Waals surface area contributed by atoms with Gasteiger partial charge in [-0.2, -0.15) is 0 Å². The van der Waals surface area contributed by atoms with E-state index in [1.54, 1.807) is 54.9 Å². The summed E-state index contributed by atoms with van der Waals surface area (Å²) in [5.74, 6) is 2.32. The highest BCUT2D eigenvalue weighted by Gasteiger charge is 2.16. The summed E-state index contributed by atoms with van der Waals surface area (Å²) < 4.78 is 35.3. The Balaban J connectivity index is 1.48. The fourth-order valence-electron chi connectivity index (χ4n) is 2.61. The lowest BCUT2D eigenvalue weighted by molar-refractivity contribution is 0.461. The first kappa shape index (κ1) is 19.1. The van der Waals surface area contributed by atoms with E-state index in [9.17, 15) is 8.42 Å². The van der Waals surface area contributed by atoms with Crippen molar-refractivity contribution < 1.29 is 13.2 Å². The summed E-state index contributed by atoms with van der Waals surface area (Å²) in [6.45, 7) is 3.74. The molecule has 0 aliphatic carbocycles. The van der Waals surface area contributed by atoms with Crippen molar-refractivity contribution in [3.63, 3.8) is 0 Å². The van der Waals surface area contributed by atoms with E-state index in [0.29, 0.717) is 23.1 Å². The van der Waals surface area contributed by atoms with Crippen molar-refractivity contribution in [2.24, 2.45) is 0 Å². The molecular weight excluding hydrogens is 410 g/mol. The van der Waals surface area contributed by atoms with Gasteiger partial charge < -0.3 is 4.74 Å². The number of anilines is 1. The Bertz CT molecular complexity index is 1250. The fraction of sp³-hybridized carbons (Fsp3) is 0.105. The number of thiophene rings is 1. The van der Waals surface area contributed by atoms with Gasteiger partial charge in [0.1, 0.15) is 27.9 Å². The predicted molar refractivity (Wildman–Crippen MR) is 110 cm³/mol. The lowest BCUT2D eigenvalue weighted by atomic mass is 10.3. The Hall–Kier alpha value is -3.24. The standard InChI is InChI=1S/C19H17N5O3S2/c1-13-3-8-19(28-13)29(25,26)23-15-4-6-16(7-5-15)27-18-11-17(21-12-22-18)24-10-9-20-14(24)2/h3-12,23H,1-2H3. The number of hydrogen-bond acceptors (Lipinski definition) is 7. The van der Waals surface area contributed by atoms with Crippen LogP contribution in [0.3, 0.4) is 0 Å². The van der Waals surface area contributed by atoms with Crippen molar-refractivity contribution in [1.29, 1.82) is 0 Å². The first-order valence-electron chi connectivity index (χ1n) is 8.60. The zero-order valence-corrected chi connectivity index (χ0v) is 17.2. The molecule has 10 heteroatoms. The van der Waals surface area contributed by atoms with Crippen LogP contribution in [0.2, 0.25) is 0 Å². The Kier molecular flexibility index (Phi) is 5.03. The van der Waals surface area contributed by atoms with Crippen LogP contribution < -0.4 is 9.46 Å². The van der Waals surface area contributed by atoms with Gasteiger partial charge in [0.15, 0.2) is 0 Å². The second kappa shape index (κ2) is 7.64. The number of nitrogens with zero attached hydrogens (tertiary/aromatic N) is 4. The zero-order chi connectivity index (χ0) is 20.4. The topological polar surface area (TPSA) is 99.0 Å². The van der Waals surface area contributed by atoms with Crippen LogP contribution in [0.25, 0.3) is 5.82 Å². The van der Waals surface area contributed by atoms with Crippen LogP contribution in [0.15, 0.2) is 65.4 Å². The minimum atomic E-state index is -3.60. The molecule has 3 heterocycles. The number of nitrogens with one attached hydrogen (secondary N) is 1. The summed E-state index contributed by atoms with van der Waals surface area (Å²) in [5.41, 5.74) is 0.445. The van der Waals surface area contributed by atoms with E-state index in [0.717, 1.165) is 10.7 Å². The van der Waals surface area contributed by atoms with E-state index in [-0.39, 0.29) is 4.21 Å². The number of benzene rings is 1. The van der Waals surface area contributed by atoms with Gasteiger partial charge in [-0.05, 0) is 50.2 Å². The molecule has 0 saturated carbocycles. The molecule has 29 heavy (non-hydrogen) atoms. The molecule has 0 radical (unpaired) electrons. The third-order valence-electron chi connectivity index (χ3n) is 4.01. The molecule has 0 spiro atoms. The molecule has 0 aliphatic heterocycles. The normalized spacial score (nSPS) is 11.4. The van der Waals surface area contributed by atoms with Crippen LogP contribution in [-0.2, 0) is 10.0 Å². The minimum Gasteiger partial charge on any atom is -0.439 e. The summed E-state index contributed by atoms with van der Waals surface area (Å²) in [6, 6.07) is 11.7. The van der Waals surface area contributed by atoms with Gasteiger partial charge in [-0.25, -0.2) is 23.4 Å². The maximum absolute atomic E-state index is 12.4. The third kappa shape index (κ3) is 4.28. The number of ether oxygens (including phenoxy) is 1. The van der Waals surface area contributed by atoms with Crippen LogP contribution >= 0.6 is 11.3 Å². The molecule has 0 saturated heterocycles. The summed E-state index contributed by atoms with van der Waals surface area (Å²) in [5, 5.41) is 0. The summed E-state index contributed by atoms with van der Waals surface area (Å²) in [6.07, 6.45) is 4.91. The molecule has 3 aromatic heterocycles. The average Bonchev–Trinajstić information content (AvgIpc) is 3.32. The summed E-state index contributed by atoms with van der Waals surface area (Å²) in [4.78, 5) is 13.5. The van der Waals surface area contributed by atoms with E-state index in [2.05, 4.69) is 19.7 Å². The lowest BCUT2D eigenvalue weighted by Crippen LogP contribution is -2.11. The molecule has 0 bridgehead atoms. The van der Waals surface area contributed by atoms with Crippen molar-refractivity contribution in [2.75, 3.05) is 4.72 Å². The number of sulfonamides is 1. The molecule has 0 aliphatic rings. The molecule has 1 N–H and O–H groups in total. The highest BCUT2D eigenvalue weighted by Crippen LogP contribution is 2.26. The second-order valence-electron chi connectivity index (χ2n) is 6.16. The highest BCUT2D eigenvalue weighted by molar-refractivity contribution is 7.94. The van der Waals surface area contributed by atoms with Crippen LogP contribution in [0, 0.1) is 13.8 Å². The fourth-order valence-corrected chi connectivity index (χ4v) is 4.95. The summed E-state index contributed by atoms with van der Waals surface area (Å²) in [7, 11) is -3.60. The second-order valence-corrected chi connectivity index (χ2v) is 9.35. The largest absolute Gasteiger partial charge is 0.439 e. The molecule has 148 valence electrons. The van der Waals surface area contributed by atoms with Gasteiger partial charge in [0.05, 0.1) is 0 Å². The van der Waals surface area contributed by atoms with Gasteiger partial charge in [0.25, 0.3) is 10.0 Å². The third-order valence-corrected chi connectivity index (χ3v) is 6.88. The maximum atomic E-state index is 12.4. The quantitative estimate of drug-likeness (QED) is 0.500. The van der Waals surface area contributed by atoms with E-state index in [4.69, 9.17) is 4.74 Å². The Morgan fingerprint density at radius 1 is 1.03 bits per heavy atom. The minimum absolute atomic E-state index is 0.277. The van der Waals surface area contributed by atoms with E-state index in [1.807, 2.05) is 18.4 Å². The number of hydrogen-bond donors (Lipinski definition) is 1. The van der Waals surface area contributed by atoms with Gasteiger partial charge in [0.2, 0.25) is 5.88 Å². The monoisotopic (exact) mass is 427 g/mol. The van der Waals surface area contributed by atoms with Crippen molar-refractivity contribution >= 4 is 27.0 Å². The van der Waals surface area contributed by atoms with Crippen LogP contribution in [0.4, 0.5) is 5.69 Å². The van der Waals surface area contributed by atoms with Crippen molar-refractivity contribution in [1.82, 2.24) is 19.5 Å². The molecule has 1 aromatic carbocycles. The Labute approximate surface area is 171 Å². The number of imidazole rings is 1. The SMILES string of the molecule is Cc1ccc(S(=O)(=O)Nc2ccc(Oc3cc(-n4ccnc4C)ncn3)cc2)s1. The van der Waals surface area contributed by atoms with Gasteiger partial charge in [-0.3, -0.25) is 9.29 Å². The van der Waals surface area contributed by atoms with Gasteiger partial charge >= 0.3 is 0 Å². The maximum Gasteiger partial charge on any atom is 0.271 e. The number of aromatic nitrogens is 4. The van der Waals surface area contributed by atoms with Gasteiger partial charge in [0, 0.05) is 29.0 Å². The van der Waals surface area contributed by atoms with Crippen molar-refractivity contribution in [2.45, 2.75) is 18.1 Å². The molecule has 0 amide bonds. The number of aryl methyl sites for hydroxylation is 2. The van der Waals surface area contributed by atoms with E-state index in [1.165, 1.54) is 17.7 Å². The van der Waals surface area contributed by atoms with E-state index < -0.39 is 10.0 Å². The Morgan fingerprint density at radius 2 is 1.83 bits per heavy atom. The Morgan fingerprint density at radius 3 is 2.48 bits per heavy atom. The van der Waals surface area contributed by atoms with Crippen molar-refractivity contribution in [3.05, 3.63) is 71.9 Å². The van der Waals surface area contributed by atoms with Crippen LogP contribution in [-0.4, -0.2) is 27.9 Å². The predicted octanol–water partition coefficient (Wildman–Crippen LogP) is 3.93. The van der Waals surface area contributed by atoms with Crippen LogP contribution in [0.5, 0.6) is 11.6 Å². The molecule has 4 aromatic rings. The summed E-state index contributed by atoms with van der Waals surface area (Å²) >= 11 is 1.22. The van der Waals surface area contributed by atoms with Crippen LogP contribution in [0.1, 0.15) is 10.7 Å². The molecule has 0 fully saturated rings. The zero-order valence-electron chi connectivity index (χ0n) is 15.6. The average molecular weight is 428 g/mol. The smallest absolute Gasteiger partial charge is 0.271 e. The molecular formula is C19H17N5O3S2. The van der Waals surface area contributed by atoms with Crippen molar-refractivity contribution in [3.8, 4) is 17.4 Å². The molecule has 8 nitrogen and oxygen atoms in total. The van der Waals surface area contributed by atoms with Gasteiger partial charge in [-0.1, -0.05) is 0 Å². The highest BCUT2D eigenvalue weighted by atomic mass is 32.2. The van der Waals surface area contributed by atoms with Gasteiger partial charge in [-0.15, -0.1) is 11.3 Å².